The highest BCUT2D eigenvalue weighted by Gasteiger charge is 2.35. The van der Waals surface area contributed by atoms with E-state index in [-0.39, 0.29) is 11.1 Å². The van der Waals surface area contributed by atoms with Crippen molar-refractivity contribution < 1.29 is 8.42 Å². The van der Waals surface area contributed by atoms with Crippen LogP contribution < -0.4 is 0 Å². The topological polar surface area (TPSA) is 66.1 Å². The van der Waals surface area contributed by atoms with E-state index in [1.54, 1.807) is 0 Å². The number of nitrogens with zero attached hydrogens (tertiary/aromatic N) is 2. The molecule has 15 heavy (non-hydrogen) atoms. The minimum atomic E-state index is -3.37. The molecule has 5 nitrogen and oxygen atoms in total. The molecule has 1 aliphatic heterocycles. The summed E-state index contributed by atoms with van der Waals surface area (Å²) in [6, 6.07) is 1.55. The number of hydrogen-bond donors (Lipinski definition) is 1. The van der Waals surface area contributed by atoms with Crippen molar-refractivity contribution in [2.45, 2.75) is 23.9 Å². The normalized spacial score (nSPS) is 23.4. The fourth-order valence-electron chi connectivity index (χ4n) is 1.79. The Morgan fingerprint density at radius 2 is 2.47 bits per heavy atom. The van der Waals surface area contributed by atoms with E-state index in [9.17, 15) is 8.42 Å². The van der Waals surface area contributed by atoms with Crippen LogP contribution in [-0.2, 0) is 10.0 Å². The monoisotopic (exact) mass is 293 g/mol. The van der Waals surface area contributed by atoms with Crippen LogP contribution >= 0.6 is 15.9 Å². The molecule has 0 amide bonds. The van der Waals surface area contributed by atoms with Gasteiger partial charge in [0, 0.05) is 17.9 Å². The summed E-state index contributed by atoms with van der Waals surface area (Å²) in [5.74, 6) is 0. The fourth-order valence-corrected chi connectivity index (χ4v) is 4.25. The molecule has 1 atom stereocenters. The van der Waals surface area contributed by atoms with Crippen molar-refractivity contribution in [3.8, 4) is 0 Å². The van der Waals surface area contributed by atoms with Gasteiger partial charge in [-0.15, -0.1) is 0 Å². The molecule has 2 heterocycles. The summed E-state index contributed by atoms with van der Waals surface area (Å²) in [7, 11) is -3.37. The van der Waals surface area contributed by atoms with Gasteiger partial charge in [0.1, 0.15) is 0 Å². The van der Waals surface area contributed by atoms with Crippen LogP contribution in [0.3, 0.4) is 0 Å². The second-order valence-corrected chi connectivity index (χ2v) is 5.99. The van der Waals surface area contributed by atoms with Gasteiger partial charge in [-0.3, -0.25) is 5.10 Å². The van der Waals surface area contributed by atoms with Crippen LogP contribution in [0.25, 0.3) is 0 Å². The summed E-state index contributed by atoms with van der Waals surface area (Å²) in [6.07, 6.45) is 3.29. The van der Waals surface area contributed by atoms with Crippen LogP contribution in [0.2, 0.25) is 0 Å². The van der Waals surface area contributed by atoms with E-state index >= 15 is 0 Å². The molecule has 1 aromatic rings. The molecule has 2 rings (SSSR count). The molecule has 0 aliphatic carbocycles. The van der Waals surface area contributed by atoms with E-state index < -0.39 is 10.0 Å². The van der Waals surface area contributed by atoms with Crippen molar-refractivity contribution in [1.29, 1.82) is 0 Å². The van der Waals surface area contributed by atoms with Crippen molar-refractivity contribution in [1.82, 2.24) is 14.5 Å². The predicted octanol–water partition coefficient (Wildman–Crippen LogP) is 0.958. The Morgan fingerprint density at radius 3 is 3.07 bits per heavy atom. The Balaban J connectivity index is 2.30. The molecule has 7 heteroatoms. The number of rotatable bonds is 3. The first-order valence-corrected chi connectivity index (χ1v) is 7.29. The number of alkyl halides is 1. The molecule has 1 saturated heterocycles. The zero-order chi connectivity index (χ0) is 10.9. The lowest BCUT2D eigenvalue weighted by molar-refractivity contribution is 0.411. The Hall–Kier alpha value is -0.400. The highest BCUT2D eigenvalue weighted by Crippen LogP contribution is 2.25. The molecular weight excluding hydrogens is 282 g/mol. The Bertz CT molecular complexity index is 417. The summed E-state index contributed by atoms with van der Waals surface area (Å²) in [5.41, 5.74) is 0. The summed E-state index contributed by atoms with van der Waals surface area (Å²) >= 11 is 3.34. The maximum absolute atomic E-state index is 12.1. The molecule has 1 aromatic heterocycles. The SMILES string of the molecule is O=S(=O)(c1ccn[nH]1)N1CCCC1CBr. The molecule has 1 N–H and O–H groups in total. The molecule has 0 aromatic carbocycles. The van der Waals surface area contributed by atoms with E-state index in [0.29, 0.717) is 11.9 Å². The number of aromatic nitrogens is 2. The van der Waals surface area contributed by atoms with Crippen LogP contribution in [-0.4, -0.2) is 40.8 Å². The summed E-state index contributed by atoms with van der Waals surface area (Å²) in [5, 5.41) is 7.03. The number of hydrogen-bond acceptors (Lipinski definition) is 3. The average Bonchev–Trinajstić information content (AvgIpc) is 2.89. The van der Waals surface area contributed by atoms with Gasteiger partial charge in [0.25, 0.3) is 10.0 Å². The smallest absolute Gasteiger partial charge is 0.260 e. The Labute approximate surface area is 97.0 Å². The highest BCUT2D eigenvalue weighted by molar-refractivity contribution is 9.09. The van der Waals surface area contributed by atoms with E-state index in [0.717, 1.165) is 12.8 Å². The zero-order valence-corrected chi connectivity index (χ0v) is 10.5. The van der Waals surface area contributed by atoms with Gasteiger partial charge in [-0.1, -0.05) is 15.9 Å². The number of aromatic amines is 1. The standard InChI is InChI=1S/C8H12BrN3O2S/c9-6-7-2-1-5-12(7)15(13,14)8-3-4-10-11-8/h3-4,7H,1-2,5-6H2,(H,10,11). The van der Waals surface area contributed by atoms with Crippen molar-refractivity contribution in [2.75, 3.05) is 11.9 Å². The molecule has 1 fully saturated rings. The molecule has 0 spiro atoms. The first-order valence-electron chi connectivity index (χ1n) is 4.73. The predicted molar refractivity (Wildman–Crippen MR) is 59.3 cm³/mol. The van der Waals surface area contributed by atoms with Crippen LogP contribution in [0.5, 0.6) is 0 Å². The number of halogens is 1. The summed E-state index contributed by atoms with van der Waals surface area (Å²) in [4.78, 5) is 0. The molecule has 0 saturated carbocycles. The second kappa shape index (κ2) is 4.23. The van der Waals surface area contributed by atoms with Gasteiger partial charge in [-0.2, -0.15) is 9.40 Å². The zero-order valence-electron chi connectivity index (χ0n) is 8.06. The van der Waals surface area contributed by atoms with Gasteiger partial charge in [0.15, 0.2) is 5.03 Å². The minimum absolute atomic E-state index is 0.0679. The number of H-pyrrole nitrogens is 1. The number of nitrogens with one attached hydrogen (secondary N) is 1. The quantitative estimate of drug-likeness (QED) is 0.844. The molecule has 1 unspecified atom stereocenters. The third-order valence-electron chi connectivity index (χ3n) is 2.56. The van der Waals surface area contributed by atoms with Crippen molar-refractivity contribution in [3.63, 3.8) is 0 Å². The highest BCUT2D eigenvalue weighted by atomic mass is 79.9. The lowest BCUT2D eigenvalue weighted by atomic mass is 10.3. The van der Waals surface area contributed by atoms with Gasteiger partial charge >= 0.3 is 0 Å². The van der Waals surface area contributed by atoms with Gasteiger partial charge in [-0.25, -0.2) is 8.42 Å². The van der Waals surface area contributed by atoms with Crippen molar-refractivity contribution in [2.24, 2.45) is 0 Å². The third-order valence-corrected chi connectivity index (χ3v) is 5.19. The van der Waals surface area contributed by atoms with Crippen LogP contribution in [0.1, 0.15) is 12.8 Å². The molecule has 0 radical (unpaired) electrons. The van der Waals surface area contributed by atoms with Gasteiger partial charge in [-0.05, 0) is 18.9 Å². The lowest BCUT2D eigenvalue weighted by Crippen LogP contribution is -2.36. The lowest BCUT2D eigenvalue weighted by Gasteiger charge is -2.21. The minimum Gasteiger partial charge on any atom is -0.266 e. The third kappa shape index (κ3) is 1.95. The molecular formula is C8H12BrN3O2S. The molecule has 1 aliphatic rings. The van der Waals surface area contributed by atoms with Crippen LogP contribution in [0.4, 0.5) is 0 Å². The Morgan fingerprint density at radius 1 is 1.67 bits per heavy atom. The van der Waals surface area contributed by atoms with Crippen LogP contribution in [0.15, 0.2) is 17.3 Å². The number of sulfonamides is 1. The summed E-state index contributed by atoms with van der Waals surface area (Å²) < 4.78 is 25.7. The summed E-state index contributed by atoms with van der Waals surface area (Å²) in [6.45, 7) is 0.595. The first-order chi connectivity index (χ1) is 7.16. The van der Waals surface area contributed by atoms with E-state index in [2.05, 4.69) is 26.1 Å². The van der Waals surface area contributed by atoms with Gasteiger partial charge in [0.2, 0.25) is 0 Å². The second-order valence-electron chi connectivity index (χ2n) is 3.49. The van der Waals surface area contributed by atoms with E-state index in [1.807, 2.05) is 0 Å². The van der Waals surface area contributed by atoms with Gasteiger partial charge < -0.3 is 0 Å². The Kier molecular flexibility index (Phi) is 3.13. The van der Waals surface area contributed by atoms with Gasteiger partial charge in [0.05, 0.1) is 6.20 Å². The molecule has 84 valence electrons. The average molecular weight is 294 g/mol. The van der Waals surface area contributed by atoms with Crippen LogP contribution in [0, 0.1) is 0 Å². The fraction of sp³-hybridized carbons (Fsp3) is 0.625. The first kappa shape index (κ1) is 11.1. The molecule has 0 bridgehead atoms. The van der Waals surface area contributed by atoms with E-state index in [4.69, 9.17) is 0 Å². The van der Waals surface area contributed by atoms with E-state index in [1.165, 1.54) is 16.6 Å². The largest absolute Gasteiger partial charge is 0.266 e. The maximum Gasteiger partial charge on any atom is 0.260 e. The van der Waals surface area contributed by atoms with Crippen molar-refractivity contribution >= 4 is 26.0 Å². The van der Waals surface area contributed by atoms with Crippen molar-refractivity contribution in [3.05, 3.63) is 12.3 Å². The maximum atomic E-state index is 12.1.